The number of nitrogens with zero attached hydrogens (tertiary/aromatic N) is 1. The smallest absolute Gasteiger partial charge is 0.225 e. The van der Waals surface area contributed by atoms with Crippen molar-refractivity contribution in [1.82, 2.24) is 4.90 Å². The predicted molar refractivity (Wildman–Crippen MR) is 71.3 cm³/mol. The first-order chi connectivity index (χ1) is 7.54. The molecule has 0 spiro atoms. The van der Waals surface area contributed by atoms with E-state index in [9.17, 15) is 4.79 Å². The summed E-state index contributed by atoms with van der Waals surface area (Å²) in [4.78, 5) is 13.7. The van der Waals surface area contributed by atoms with E-state index in [1.54, 1.807) is 16.2 Å². The lowest BCUT2D eigenvalue weighted by atomic mass is 10.1. The minimum Gasteiger partial charge on any atom is -0.341 e. The molecule has 0 aliphatic carbocycles. The molecular formula is C11H17BrN2OS. The van der Waals surface area contributed by atoms with E-state index in [2.05, 4.69) is 21.3 Å². The molecule has 1 aromatic heterocycles. The highest BCUT2D eigenvalue weighted by Crippen LogP contribution is 2.21. The van der Waals surface area contributed by atoms with Crippen molar-refractivity contribution in [1.29, 1.82) is 0 Å². The SMILES string of the molecule is CC(CCN)C(=O)N(C)Cc1csc(Br)c1. The summed E-state index contributed by atoms with van der Waals surface area (Å²) in [5.74, 6) is 0.171. The van der Waals surface area contributed by atoms with Crippen LogP contribution in [0.3, 0.4) is 0 Å². The van der Waals surface area contributed by atoms with Crippen molar-refractivity contribution in [3.8, 4) is 0 Å². The number of halogens is 1. The quantitative estimate of drug-likeness (QED) is 0.908. The molecule has 0 aliphatic rings. The van der Waals surface area contributed by atoms with Crippen LogP contribution in [0.1, 0.15) is 18.9 Å². The molecule has 90 valence electrons. The topological polar surface area (TPSA) is 46.3 Å². The standard InChI is InChI=1S/C11H17BrN2OS/c1-8(3-4-13)11(15)14(2)6-9-5-10(12)16-7-9/h5,7-8H,3-4,6,13H2,1-2H3. The lowest BCUT2D eigenvalue weighted by Gasteiger charge is -2.20. The van der Waals surface area contributed by atoms with Gasteiger partial charge in [0, 0.05) is 19.5 Å². The molecule has 1 atom stereocenters. The third-order valence-corrected chi connectivity index (χ3v) is 3.99. The Morgan fingerprint density at radius 2 is 2.38 bits per heavy atom. The van der Waals surface area contributed by atoms with Gasteiger partial charge in [0.2, 0.25) is 5.91 Å². The molecule has 2 N–H and O–H groups in total. The van der Waals surface area contributed by atoms with Crippen molar-refractivity contribution < 1.29 is 4.79 Å². The van der Waals surface area contributed by atoms with Gasteiger partial charge < -0.3 is 10.6 Å². The van der Waals surface area contributed by atoms with Crippen molar-refractivity contribution in [2.75, 3.05) is 13.6 Å². The van der Waals surface area contributed by atoms with Crippen LogP contribution in [0.4, 0.5) is 0 Å². The predicted octanol–water partition coefficient (Wildman–Crippen LogP) is 2.45. The van der Waals surface area contributed by atoms with Crippen molar-refractivity contribution >= 4 is 33.2 Å². The number of hydrogen-bond acceptors (Lipinski definition) is 3. The van der Waals surface area contributed by atoms with E-state index in [0.29, 0.717) is 13.1 Å². The summed E-state index contributed by atoms with van der Waals surface area (Å²) in [7, 11) is 1.83. The monoisotopic (exact) mass is 304 g/mol. The molecule has 0 bridgehead atoms. The van der Waals surface area contributed by atoms with Gasteiger partial charge in [-0.3, -0.25) is 4.79 Å². The van der Waals surface area contributed by atoms with Crippen molar-refractivity contribution in [2.45, 2.75) is 19.9 Å². The second-order valence-corrected chi connectivity index (χ2v) is 6.22. The molecule has 1 unspecified atom stereocenters. The van der Waals surface area contributed by atoms with Gasteiger partial charge >= 0.3 is 0 Å². The highest BCUT2D eigenvalue weighted by atomic mass is 79.9. The van der Waals surface area contributed by atoms with Crippen LogP contribution >= 0.6 is 27.3 Å². The molecule has 3 nitrogen and oxygen atoms in total. The Hall–Kier alpha value is -0.390. The van der Waals surface area contributed by atoms with Gasteiger partial charge in [0.15, 0.2) is 0 Å². The van der Waals surface area contributed by atoms with E-state index in [4.69, 9.17) is 5.73 Å². The molecule has 1 amide bonds. The molecule has 0 saturated heterocycles. The van der Waals surface area contributed by atoms with E-state index >= 15 is 0 Å². The first-order valence-electron chi connectivity index (χ1n) is 5.22. The number of hydrogen-bond donors (Lipinski definition) is 1. The Bertz CT molecular complexity index is 354. The van der Waals surface area contributed by atoms with Gasteiger partial charge in [0.05, 0.1) is 3.79 Å². The van der Waals surface area contributed by atoms with E-state index in [-0.39, 0.29) is 11.8 Å². The fourth-order valence-corrected chi connectivity index (χ4v) is 2.73. The third-order valence-electron chi connectivity index (χ3n) is 2.44. The van der Waals surface area contributed by atoms with Gasteiger partial charge in [-0.15, -0.1) is 11.3 Å². The molecule has 16 heavy (non-hydrogen) atoms. The molecule has 0 radical (unpaired) electrons. The molecule has 0 aliphatic heterocycles. The number of amides is 1. The van der Waals surface area contributed by atoms with Gasteiger partial charge in [-0.25, -0.2) is 0 Å². The van der Waals surface area contributed by atoms with E-state index in [1.807, 2.05) is 20.0 Å². The largest absolute Gasteiger partial charge is 0.341 e. The van der Waals surface area contributed by atoms with Gasteiger partial charge in [0.1, 0.15) is 0 Å². The van der Waals surface area contributed by atoms with E-state index in [1.165, 1.54) is 0 Å². The minimum atomic E-state index is 0.0112. The fourth-order valence-electron chi connectivity index (χ4n) is 1.53. The second-order valence-electron chi connectivity index (χ2n) is 3.93. The summed E-state index contributed by atoms with van der Waals surface area (Å²) in [5, 5.41) is 2.06. The Morgan fingerprint density at radius 3 is 2.88 bits per heavy atom. The van der Waals surface area contributed by atoms with Crippen LogP contribution in [0, 0.1) is 5.92 Å². The molecule has 5 heteroatoms. The normalized spacial score (nSPS) is 12.5. The summed E-state index contributed by atoms with van der Waals surface area (Å²) in [6.45, 7) is 3.15. The molecule has 0 fully saturated rings. The average Bonchev–Trinajstić information content (AvgIpc) is 2.63. The summed E-state index contributed by atoms with van der Waals surface area (Å²) in [6, 6.07) is 2.04. The molecule has 1 rings (SSSR count). The zero-order valence-electron chi connectivity index (χ0n) is 9.57. The Balaban J connectivity index is 2.51. The molecule has 1 heterocycles. The van der Waals surface area contributed by atoms with E-state index in [0.717, 1.165) is 15.8 Å². The van der Waals surface area contributed by atoms with Crippen LogP contribution < -0.4 is 5.73 Å². The fraction of sp³-hybridized carbons (Fsp3) is 0.545. The average molecular weight is 305 g/mol. The van der Waals surface area contributed by atoms with Crippen molar-refractivity contribution in [3.63, 3.8) is 0 Å². The molecule has 0 saturated carbocycles. The summed E-state index contributed by atoms with van der Waals surface area (Å²) in [5.41, 5.74) is 6.61. The maximum absolute atomic E-state index is 11.9. The highest BCUT2D eigenvalue weighted by Gasteiger charge is 2.16. The number of rotatable bonds is 5. The molecule has 0 aromatic carbocycles. The minimum absolute atomic E-state index is 0.0112. The lowest BCUT2D eigenvalue weighted by molar-refractivity contribution is -0.134. The maximum atomic E-state index is 11.9. The van der Waals surface area contributed by atoms with Crippen LogP contribution in [-0.2, 0) is 11.3 Å². The van der Waals surface area contributed by atoms with Gasteiger partial charge in [-0.2, -0.15) is 0 Å². The van der Waals surface area contributed by atoms with Gasteiger partial charge in [0.25, 0.3) is 0 Å². The second kappa shape index (κ2) is 6.37. The van der Waals surface area contributed by atoms with Crippen LogP contribution in [0.2, 0.25) is 0 Å². The number of thiophene rings is 1. The third kappa shape index (κ3) is 3.88. The number of carbonyl (C=O) groups excluding carboxylic acids is 1. The highest BCUT2D eigenvalue weighted by molar-refractivity contribution is 9.11. The Labute approximate surface area is 109 Å². The van der Waals surface area contributed by atoms with Crippen molar-refractivity contribution in [2.24, 2.45) is 11.7 Å². The lowest BCUT2D eigenvalue weighted by Crippen LogP contribution is -2.32. The zero-order chi connectivity index (χ0) is 12.1. The number of nitrogens with two attached hydrogens (primary N) is 1. The zero-order valence-corrected chi connectivity index (χ0v) is 12.0. The Kier molecular flexibility index (Phi) is 5.44. The van der Waals surface area contributed by atoms with Crippen LogP contribution in [0.15, 0.2) is 15.2 Å². The van der Waals surface area contributed by atoms with E-state index < -0.39 is 0 Å². The van der Waals surface area contributed by atoms with Crippen molar-refractivity contribution in [3.05, 3.63) is 20.8 Å². The summed E-state index contributed by atoms with van der Waals surface area (Å²) in [6.07, 6.45) is 0.747. The first kappa shape index (κ1) is 13.7. The summed E-state index contributed by atoms with van der Waals surface area (Å²) < 4.78 is 1.10. The number of carbonyl (C=O) groups is 1. The first-order valence-corrected chi connectivity index (χ1v) is 6.89. The van der Waals surface area contributed by atoms with Gasteiger partial charge in [-0.05, 0) is 45.9 Å². The Morgan fingerprint density at radius 1 is 1.69 bits per heavy atom. The molecular weight excluding hydrogens is 288 g/mol. The summed E-state index contributed by atoms with van der Waals surface area (Å²) >= 11 is 5.05. The maximum Gasteiger partial charge on any atom is 0.225 e. The van der Waals surface area contributed by atoms with Crippen LogP contribution in [0.5, 0.6) is 0 Å². The molecule has 1 aromatic rings. The van der Waals surface area contributed by atoms with Gasteiger partial charge in [-0.1, -0.05) is 6.92 Å². The van der Waals surface area contributed by atoms with Crippen LogP contribution in [-0.4, -0.2) is 24.4 Å². The van der Waals surface area contributed by atoms with Crippen LogP contribution in [0.25, 0.3) is 0 Å².